The Balaban J connectivity index is 2.07. The Morgan fingerprint density at radius 1 is 1.41 bits per heavy atom. The molecule has 0 unspecified atom stereocenters. The molecular weight excluding hydrogens is 319 g/mol. The Morgan fingerprint density at radius 3 is 2.73 bits per heavy atom. The fourth-order valence-corrected chi connectivity index (χ4v) is 4.35. The van der Waals surface area contributed by atoms with Gasteiger partial charge in [-0.1, -0.05) is 6.07 Å². The van der Waals surface area contributed by atoms with Crippen molar-refractivity contribution in [3.63, 3.8) is 0 Å². The maximum atomic E-state index is 13.2. The van der Waals surface area contributed by atoms with Crippen LogP contribution in [-0.2, 0) is 9.84 Å². The highest BCUT2D eigenvalue weighted by Gasteiger charge is 2.31. The van der Waals surface area contributed by atoms with E-state index in [4.69, 9.17) is 0 Å². The highest BCUT2D eigenvalue weighted by atomic mass is 32.2. The van der Waals surface area contributed by atoms with Gasteiger partial charge in [-0.15, -0.1) is 0 Å². The van der Waals surface area contributed by atoms with Crippen molar-refractivity contribution in [1.82, 2.24) is 5.32 Å². The molecule has 1 aromatic rings. The van der Waals surface area contributed by atoms with Crippen molar-refractivity contribution in [1.29, 1.82) is 0 Å². The second kappa shape index (κ2) is 6.87. The number of rotatable bonds is 6. The van der Waals surface area contributed by atoms with Crippen LogP contribution in [0.25, 0.3) is 0 Å². The van der Waals surface area contributed by atoms with Crippen LogP contribution in [0.1, 0.15) is 31.4 Å². The summed E-state index contributed by atoms with van der Waals surface area (Å²) >= 11 is 0. The summed E-state index contributed by atoms with van der Waals surface area (Å²) in [6.45, 7) is -1.13. The number of benzene rings is 1. The van der Waals surface area contributed by atoms with Crippen molar-refractivity contribution in [3.05, 3.63) is 29.6 Å². The molecule has 1 aliphatic heterocycles. The second-order valence-corrected chi connectivity index (χ2v) is 7.72. The summed E-state index contributed by atoms with van der Waals surface area (Å²) in [6, 6.07) is 2.96. The lowest BCUT2D eigenvalue weighted by Gasteiger charge is -2.20. The SMILES string of the molecule is C[C@H](NC[C@H]1CCCS1(=O)=O)c1ccc(F)cc1OC(F)F. The van der Waals surface area contributed by atoms with Gasteiger partial charge in [0.1, 0.15) is 11.6 Å². The molecule has 1 aliphatic rings. The molecule has 0 aromatic heterocycles. The van der Waals surface area contributed by atoms with Gasteiger partial charge in [0.15, 0.2) is 9.84 Å². The van der Waals surface area contributed by atoms with Gasteiger partial charge in [-0.25, -0.2) is 12.8 Å². The van der Waals surface area contributed by atoms with E-state index < -0.39 is 33.6 Å². The van der Waals surface area contributed by atoms with E-state index >= 15 is 0 Å². The van der Waals surface area contributed by atoms with Gasteiger partial charge >= 0.3 is 6.61 Å². The van der Waals surface area contributed by atoms with E-state index in [1.54, 1.807) is 6.92 Å². The summed E-state index contributed by atoms with van der Waals surface area (Å²) in [5, 5.41) is 2.54. The van der Waals surface area contributed by atoms with E-state index in [-0.39, 0.29) is 18.0 Å². The number of sulfone groups is 1. The summed E-state index contributed by atoms with van der Waals surface area (Å²) in [6.07, 6.45) is 1.23. The van der Waals surface area contributed by atoms with E-state index in [1.807, 2.05) is 0 Å². The molecular formula is C14H18F3NO3S. The topological polar surface area (TPSA) is 55.4 Å². The third-order valence-electron chi connectivity index (χ3n) is 3.77. The minimum absolute atomic E-state index is 0.185. The maximum absolute atomic E-state index is 13.2. The quantitative estimate of drug-likeness (QED) is 0.867. The zero-order valence-corrected chi connectivity index (χ0v) is 12.9. The normalized spacial score (nSPS) is 22.0. The third kappa shape index (κ3) is 4.13. The Morgan fingerprint density at radius 2 is 2.14 bits per heavy atom. The predicted octanol–water partition coefficient (Wildman–Crippen LogP) is 2.65. The van der Waals surface area contributed by atoms with Gasteiger partial charge in [-0.05, 0) is 25.8 Å². The Kier molecular flexibility index (Phi) is 5.33. The highest BCUT2D eigenvalue weighted by Crippen LogP contribution is 2.28. The lowest BCUT2D eigenvalue weighted by molar-refractivity contribution is -0.0508. The van der Waals surface area contributed by atoms with Crippen molar-refractivity contribution < 1.29 is 26.3 Å². The van der Waals surface area contributed by atoms with Crippen LogP contribution in [-0.4, -0.2) is 32.6 Å². The molecule has 22 heavy (non-hydrogen) atoms. The van der Waals surface area contributed by atoms with Crippen molar-refractivity contribution >= 4 is 9.84 Å². The molecule has 124 valence electrons. The van der Waals surface area contributed by atoms with Gasteiger partial charge in [0.05, 0.1) is 11.0 Å². The third-order valence-corrected chi connectivity index (χ3v) is 6.05. The number of halogens is 3. The van der Waals surface area contributed by atoms with Crippen molar-refractivity contribution in [2.24, 2.45) is 0 Å². The Hall–Kier alpha value is -1.28. The summed E-state index contributed by atoms with van der Waals surface area (Å²) in [4.78, 5) is 0. The fraction of sp³-hybridized carbons (Fsp3) is 0.571. The average molecular weight is 337 g/mol. The largest absolute Gasteiger partial charge is 0.434 e. The van der Waals surface area contributed by atoms with E-state index in [9.17, 15) is 21.6 Å². The summed E-state index contributed by atoms with van der Waals surface area (Å²) < 4.78 is 65.8. The number of alkyl halides is 2. The van der Waals surface area contributed by atoms with Crippen LogP contribution in [0.3, 0.4) is 0 Å². The first-order chi connectivity index (χ1) is 10.3. The molecule has 1 heterocycles. The molecule has 0 aliphatic carbocycles. The van der Waals surface area contributed by atoms with Gasteiger partial charge in [0.25, 0.3) is 0 Å². The lowest BCUT2D eigenvalue weighted by atomic mass is 10.1. The van der Waals surface area contributed by atoms with E-state index in [1.165, 1.54) is 6.07 Å². The fourth-order valence-electron chi connectivity index (χ4n) is 2.57. The second-order valence-electron chi connectivity index (χ2n) is 5.32. The van der Waals surface area contributed by atoms with Crippen LogP contribution in [0.15, 0.2) is 18.2 Å². The zero-order valence-electron chi connectivity index (χ0n) is 12.1. The smallest absolute Gasteiger partial charge is 0.387 e. The van der Waals surface area contributed by atoms with E-state index in [0.29, 0.717) is 18.4 Å². The first-order valence-electron chi connectivity index (χ1n) is 6.99. The molecule has 2 atom stereocenters. The van der Waals surface area contributed by atoms with Crippen molar-refractivity contribution in [3.8, 4) is 5.75 Å². The Labute approximate surface area is 127 Å². The van der Waals surface area contributed by atoms with E-state index in [0.717, 1.165) is 12.1 Å². The molecule has 1 aromatic carbocycles. The molecule has 0 saturated carbocycles. The lowest BCUT2D eigenvalue weighted by Crippen LogP contribution is -2.32. The minimum Gasteiger partial charge on any atom is -0.434 e. The highest BCUT2D eigenvalue weighted by molar-refractivity contribution is 7.92. The van der Waals surface area contributed by atoms with Gasteiger partial charge in [-0.2, -0.15) is 8.78 Å². The van der Waals surface area contributed by atoms with Crippen LogP contribution >= 0.6 is 0 Å². The molecule has 2 rings (SSSR count). The number of ether oxygens (including phenoxy) is 1. The molecule has 0 radical (unpaired) electrons. The van der Waals surface area contributed by atoms with Crippen LogP contribution in [0.4, 0.5) is 13.2 Å². The number of hydrogen-bond acceptors (Lipinski definition) is 4. The van der Waals surface area contributed by atoms with Crippen molar-refractivity contribution in [2.75, 3.05) is 12.3 Å². The van der Waals surface area contributed by atoms with E-state index in [2.05, 4.69) is 10.1 Å². The van der Waals surface area contributed by atoms with Crippen LogP contribution in [0, 0.1) is 5.82 Å². The summed E-state index contributed by atoms with van der Waals surface area (Å²) in [5.41, 5.74) is 0.358. The summed E-state index contributed by atoms with van der Waals surface area (Å²) in [7, 11) is -3.07. The predicted molar refractivity (Wildman–Crippen MR) is 76.3 cm³/mol. The molecule has 0 amide bonds. The van der Waals surface area contributed by atoms with Crippen LogP contribution < -0.4 is 10.1 Å². The van der Waals surface area contributed by atoms with Gasteiger partial charge < -0.3 is 10.1 Å². The molecule has 1 N–H and O–H groups in total. The molecule has 1 saturated heterocycles. The van der Waals surface area contributed by atoms with Crippen molar-refractivity contribution in [2.45, 2.75) is 37.7 Å². The van der Waals surface area contributed by atoms with Crippen LogP contribution in [0.5, 0.6) is 5.75 Å². The zero-order chi connectivity index (χ0) is 16.3. The minimum atomic E-state index is -3.07. The average Bonchev–Trinajstić information content (AvgIpc) is 2.74. The van der Waals surface area contributed by atoms with Gasteiger partial charge in [-0.3, -0.25) is 0 Å². The monoisotopic (exact) mass is 337 g/mol. The molecule has 8 heteroatoms. The number of nitrogens with one attached hydrogen (secondary N) is 1. The molecule has 0 spiro atoms. The van der Waals surface area contributed by atoms with Gasteiger partial charge in [0, 0.05) is 24.2 Å². The molecule has 4 nitrogen and oxygen atoms in total. The van der Waals surface area contributed by atoms with Crippen LogP contribution in [0.2, 0.25) is 0 Å². The number of hydrogen-bond donors (Lipinski definition) is 1. The standard InChI is InChI=1S/C14H18F3NO3S/c1-9(18-8-11-3-2-6-22(11,19)20)12-5-4-10(15)7-13(12)21-14(16)17/h4-5,7,9,11,14,18H,2-3,6,8H2,1H3/t9-,11+/m0/s1. The Bertz CT molecular complexity index is 622. The van der Waals surface area contributed by atoms with Gasteiger partial charge in [0.2, 0.25) is 0 Å². The molecule has 0 bridgehead atoms. The molecule has 1 fully saturated rings. The maximum Gasteiger partial charge on any atom is 0.387 e. The first kappa shape index (κ1) is 17.1. The summed E-state index contributed by atoms with van der Waals surface area (Å²) in [5.74, 6) is -0.737. The first-order valence-corrected chi connectivity index (χ1v) is 8.70.